The van der Waals surface area contributed by atoms with Crippen LogP contribution >= 0.6 is 35.0 Å². The molecule has 0 radical (unpaired) electrons. The van der Waals surface area contributed by atoms with Crippen molar-refractivity contribution in [3.8, 4) is 11.5 Å². The third kappa shape index (κ3) is 5.90. The molecule has 1 saturated heterocycles. The van der Waals surface area contributed by atoms with Crippen LogP contribution in [0.15, 0.2) is 65.6 Å². The van der Waals surface area contributed by atoms with Gasteiger partial charge < -0.3 is 4.74 Å². The molecule has 0 N–H and O–H groups in total. The van der Waals surface area contributed by atoms with Gasteiger partial charge in [-0.25, -0.2) is 0 Å². The number of imide groups is 1. The van der Waals surface area contributed by atoms with E-state index < -0.39 is 39.2 Å². The van der Waals surface area contributed by atoms with Gasteiger partial charge in [-0.3, -0.25) is 24.6 Å². The fraction of sp³-hybridized carbons (Fsp3) is 0.0833. The smallest absolute Gasteiger partial charge is 0.416 e. The molecule has 190 valence electrons. The Bertz CT molecular complexity index is 1460. The minimum atomic E-state index is -4.78. The topological polar surface area (TPSA) is 89.7 Å². The number of nitro benzene ring substituents is 1. The second-order valence-electron chi connectivity index (χ2n) is 7.58. The Kier molecular flexibility index (Phi) is 7.49. The molecule has 1 fully saturated rings. The zero-order valence-corrected chi connectivity index (χ0v) is 20.6. The van der Waals surface area contributed by atoms with Crippen molar-refractivity contribution in [2.45, 2.75) is 12.7 Å². The highest BCUT2D eigenvalue weighted by Crippen LogP contribution is 2.40. The molecule has 4 rings (SSSR count). The van der Waals surface area contributed by atoms with Gasteiger partial charge >= 0.3 is 11.9 Å². The summed E-state index contributed by atoms with van der Waals surface area (Å²) in [5.41, 5.74) is -1.31. The van der Waals surface area contributed by atoms with Gasteiger partial charge in [0.05, 0.1) is 21.9 Å². The molecule has 1 heterocycles. The Labute approximate surface area is 221 Å². The lowest BCUT2D eigenvalue weighted by Gasteiger charge is -2.14. The Hall–Kier alpha value is -3.54. The molecule has 7 nitrogen and oxygen atoms in total. The maximum atomic E-state index is 13.0. The molecule has 1 aliphatic heterocycles. The molecule has 0 bridgehead atoms. The summed E-state index contributed by atoms with van der Waals surface area (Å²) in [6, 6.07) is 12.6. The number of hydrogen-bond acceptors (Lipinski definition) is 6. The van der Waals surface area contributed by atoms with E-state index in [1.807, 2.05) is 0 Å². The number of para-hydroxylation sites is 1. The van der Waals surface area contributed by atoms with Gasteiger partial charge in [-0.2, -0.15) is 13.2 Å². The van der Waals surface area contributed by atoms with Crippen LogP contribution in [0.2, 0.25) is 10.0 Å². The van der Waals surface area contributed by atoms with E-state index in [0.717, 1.165) is 11.0 Å². The van der Waals surface area contributed by atoms with Crippen LogP contribution in [-0.4, -0.2) is 21.0 Å². The van der Waals surface area contributed by atoms with Crippen molar-refractivity contribution in [3.05, 3.63) is 102 Å². The van der Waals surface area contributed by atoms with Crippen molar-refractivity contribution in [1.82, 2.24) is 4.90 Å². The molecule has 2 amide bonds. The minimum Gasteiger partial charge on any atom is -0.449 e. The van der Waals surface area contributed by atoms with Crippen LogP contribution < -0.4 is 4.74 Å². The van der Waals surface area contributed by atoms with Gasteiger partial charge in [-0.1, -0.05) is 47.5 Å². The number of alkyl halides is 3. The number of rotatable bonds is 6. The summed E-state index contributed by atoms with van der Waals surface area (Å²) in [6.07, 6.45) is -3.42. The fourth-order valence-electron chi connectivity index (χ4n) is 3.33. The first-order valence-electron chi connectivity index (χ1n) is 10.3. The molecule has 0 atom stereocenters. The summed E-state index contributed by atoms with van der Waals surface area (Å²) in [6.45, 7) is -0.0894. The number of nitrogens with zero attached hydrogens (tertiary/aromatic N) is 2. The van der Waals surface area contributed by atoms with E-state index in [-0.39, 0.29) is 27.8 Å². The van der Waals surface area contributed by atoms with Gasteiger partial charge in [-0.15, -0.1) is 0 Å². The van der Waals surface area contributed by atoms with Gasteiger partial charge in [-0.05, 0) is 53.7 Å². The van der Waals surface area contributed by atoms with Gasteiger partial charge in [0.25, 0.3) is 11.1 Å². The summed E-state index contributed by atoms with van der Waals surface area (Å²) >= 11 is 12.7. The second kappa shape index (κ2) is 10.4. The molecule has 0 aliphatic carbocycles. The highest BCUT2D eigenvalue weighted by Gasteiger charge is 2.36. The zero-order chi connectivity index (χ0) is 26.9. The Morgan fingerprint density at radius 3 is 2.43 bits per heavy atom. The highest BCUT2D eigenvalue weighted by molar-refractivity contribution is 8.18. The van der Waals surface area contributed by atoms with E-state index in [2.05, 4.69) is 0 Å². The van der Waals surface area contributed by atoms with E-state index in [1.54, 1.807) is 18.2 Å². The Morgan fingerprint density at radius 1 is 1.03 bits per heavy atom. The second-order valence-corrected chi connectivity index (χ2v) is 9.42. The predicted octanol–water partition coefficient (Wildman–Crippen LogP) is 7.95. The third-order valence-corrected chi connectivity index (χ3v) is 6.62. The number of carbonyl (C=O) groups is 2. The lowest BCUT2D eigenvalue weighted by molar-refractivity contribution is -0.385. The van der Waals surface area contributed by atoms with Crippen LogP contribution in [0.3, 0.4) is 0 Å². The lowest BCUT2D eigenvalue weighted by atomic mass is 10.1. The molecular formula is C24H13Cl2F3N2O5S. The lowest BCUT2D eigenvalue weighted by Crippen LogP contribution is -2.27. The van der Waals surface area contributed by atoms with Crippen LogP contribution in [0.5, 0.6) is 11.5 Å². The van der Waals surface area contributed by atoms with E-state index in [4.69, 9.17) is 27.9 Å². The van der Waals surface area contributed by atoms with Crippen molar-refractivity contribution in [2.24, 2.45) is 0 Å². The number of hydrogen-bond donors (Lipinski definition) is 0. The predicted molar refractivity (Wildman–Crippen MR) is 133 cm³/mol. The minimum absolute atomic E-state index is 0.0258. The summed E-state index contributed by atoms with van der Waals surface area (Å²) < 4.78 is 44.6. The molecule has 13 heteroatoms. The summed E-state index contributed by atoms with van der Waals surface area (Å²) in [7, 11) is 0. The molecule has 0 saturated carbocycles. The van der Waals surface area contributed by atoms with Gasteiger partial charge in [0, 0.05) is 21.7 Å². The molecule has 3 aromatic rings. The van der Waals surface area contributed by atoms with E-state index in [1.165, 1.54) is 30.3 Å². The molecule has 3 aromatic carbocycles. The van der Waals surface area contributed by atoms with Crippen molar-refractivity contribution in [1.29, 1.82) is 0 Å². The number of carbonyl (C=O) groups excluding carboxylic acids is 2. The van der Waals surface area contributed by atoms with Crippen LogP contribution in [0.25, 0.3) is 6.08 Å². The molecule has 0 unspecified atom stereocenters. The Morgan fingerprint density at radius 2 is 1.76 bits per heavy atom. The average Bonchev–Trinajstić information content (AvgIpc) is 3.08. The zero-order valence-electron chi connectivity index (χ0n) is 18.3. The first-order chi connectivity index (χ1) is 17.4. The van der Waals surface area contributed by atoms with Crippen molar-refractivity contribution in [2.75, 3.05) is 0 Å². The fourth-order valence-corrected chi connectivity index (χ4v) is 4.63. The summed E-state index contributed by atoms with van der Waals surface area (Å²) in [5.74, 6) is -1.00. The first kappa shape index (κ1) is 26.5. The van der Waals surface area contributed by atoms with E-state index in [9.17, 15) is 32.9 Å². The SMILES string of the molecule is O=C1S/C(=C/c2ccccc2Oc2ccc(C(F)(F)F)cc2[N+](=O)[O-])C(=O)N1Cc1ccc(Cl)cc1Cl. The third-order valence-electron chi connectivity index (χ3n) is 5.13. The standard InChI is InChI=1S/C24H13Cl2F3N2O5S/c25-16-7-5-14(17(26)11-16)12-30-22(32)21(37-23(30)33)9-13-3-1-2-4-19(13)36-20-8-6-15(24(27,28)29)10-18(20)31(34)35/h1-11H,12H2/b21-9+. The van der Waals surface area contributed by atoms with Crippen LogP contribution in [0, 0.1) is 10.1 Å². The van der Waals surface area contributed by atoms with Crippen molar-refractivity contribution >= 4 is 57.9 Å². The normalized spacial score (nSPS) is 14.9. The van der Waals surface area contributed by atoms with Gasteiger partial charge in [0.15, 0.2) is 0 Å². The number of thioether (sulfide) groups is 1. The van der Waals surface area contributed by atoms with Crippen molar-refractivity contribution in [3.63, 3.8) is 0 Å². The maximum absolute atomic E-state index is 13.0. The van der Waals surface area contributed by atoms with E-state index >= 15 is 0 Å². The molecule has 1 aliphatic rings. The summed E-state index contributed by atoms with van der Waals surface area (Å²) in [5, 5.41) is 11.5. The van der Waals surface area contributed by atoms with Crippen molar-refractivity contribution < 1.29 is 32.4 Å². The monoisotopic (exact) mass is 568 g/mol. The highest BCUT2D eigenvalue weighted by atomic mass is 35.5. The van der Waals surface area contributed by atoms with Crippen LogP contribution in [0.1, 0.15) is 16.7 Å². The molecular weight excluding hydrogens is 556 g/mol. The van der Waals surface area contributed by atoms with Crippen LogP contribution in [-0.2, 0) is 17.5 Å². The maximum Gasteiger partial charge on any atom is 0.416 e. The number of benzene rings is 3. The number of ether oxygens (including phenoxy) is 1. The number of nitro groups is 1. The summed E-state index contributed by atoms with van der Waals surface area (Å²) in [4.78, 5) is 37.0. The first-order valence-corrected chi connectivity index (χ1v) is 11.8. The molecule has 0 spiro atoms. The van der Waals surface area contributed by atoms with Gasteiger partial charge in [0.1, 0.15) is 5.75 Å². The van der Waals surface area contributed by atoms with Gasteiger partial charge in [0.2, 0.25) is 5.75 Å². The van der Waals surface area contributed by atoms with Crippen LogP contribution in [0.4, 0.5) is 23.7 Å². The number of amides is 2. The Balaban J connectivity index is 1.62. The van der Waals surface area contributed by atoms with E-state index in [0.29, 0.717) is 34.5 Å². The number of halogens is 5. The molecule has 37 heavy (non-hydrogen) atoms. The largest absolute Gasteiger partial charge is 0.449 e. The molecule has 0 aromatic heterocycles. The quantitative estimate of drug-likeness (QED) is 0.170. The average molecular weight is 569 g/mol.